The Labute approximate surface area is 132 Å². The normalized spacial score (nSPS) is 10.8. The summed E-state index contributed by atoms with van der Waals surface area (Å²) in [5.41, 5.74) is 4.81. The number of hydrogen-bond donors (Lipinski definition) is 2. The fourth-order valence-corrected chi connectivity index (χ4v) is 3.08. The molecule has 0 saturated carbocycles. The Morgan fingerprint density at radius 1 is 1.35 bits per heavy atom. The summed E-state index contributed by atoms with van der Waals surface area (Å²) in [5.74, 6) is -1.80. The number of primary amides is 1. The van der Waals surface area contributed by atoms with Crippen LogP contribution in [0.1, 0.15) is 10.4 Å². The smallest absolute Gasteiger partial charge is 0.337 e. The van der Waals surface area contributed by atoms with Crippen molar-refractivity contribution in [3.05, 3.63) is 45.7 Å². The SMILES string of the molecule is NC(=O)Cn1c(-c2ccccn2)nc2scc(C(=O)O)c2c1=O. The zero-order chi connectivity index (χ0) is 16.6. The summed E-state index contributed by atoms with van der Waals surface area (Å²) in [6, 6.07) is 5.05. The zero-order valence-corrected chi connectivity index (χ0v) is 12.4. The van der Waals surface area contributed by atoms with Gasteiger partial charge in [-0.2, -0.15) is 0 Å². The highest BCUT2D eigenvalue weighted by molar-refractivity contribution is 7.17. The third kappa shape index (κ3) is 2.57. The van der Waals surface area contributed by atoms with Crippen LogP contribution in [0.15, 0.2) is 34.6 Å². The third-order valence-corrected chi connectivity index (χ3v) is 4.00. The molecular formula is C14H10N4O4S. The molecule has 0 saturated heterocycles. The van der Waals surface area contributed by atoms with Crippen molar-refractivity contribution < 1.29 is 14.7 Å². The summed E-state index contributed by atoms with van der Waals surface area (Å²) in [6.07, 6.45) is 1.53. The van der Waals surface area contributed by atoms with Crippen molar-refractivity contribution in [2.45, 2.75) is 6.54 Å². The van der Waals surface area contributed by atoms with Gasteiger partial charge >= 0.3 is 5.97 Å². The van der Waals surface area contributed by atoms with Crippen molar-refractivity contribution in [3.8, 4) is 11.5 Å². The number of carbonyl (C=O) groups is 2. The van der Waals surface area contributed by atoms with E-state index < -0.39 is 24.0 Å². The molecule has 3 heterocycles. The van der Waals surface area contributed by atoms with Gasteiger partial charge in [-0.3, -0.25) is 19.1 Å². The van der Waals surface area contributed by atoms with Crippen LogP contribution in [0.25, 0.3) is 21.7 Å². The molecule has 3 aromatic heterocycles. The van der Waals surface area contributed by atoms with Crippen molar-refractivity contribution in [2.75, 3.05) is 0 Å². The molecule has 116 valence electrons. The van der Waals surface area contributed by atoms with Gasteiger partial charge in [0.1, 0.15) is 17.1 Å². The van der Waals surface area contributed by atoms with Gasteiger partial charge < -0.3 is 10.8 Å². The molecule has 0 unspecified atom stereocenters. The Kier molecular flexibility index (Phi) is 3.62. The van der Waals surface area contributed by atoms with Crippen LogP contribution in [-0.2, 0) is 11.3 Å². The van der Waals surface area contributed by atoms with Crippen LogP contribution in [0.3, 0.4) is 0 Å². The topological polar surface area (TPSA) is 128 Å². The Hall–Kier alpha value is -3.07. The number of nitrogens with zero attached hydrogens (tertiary/aromatic N) is 3. The summed E-state index contributed by atoms with van der Waals surface area (Å²) < 4.78 is 1.05. The van der Waals surface area contributed by atoms with Crippen molar-refractivity contribution in [2.24, 2.45) is 5.73 Å². The monoisotopic (exact) mass is 330 g/mol. The second-order valence-corrected chi connectivity index (χ2v) is 5.50. The van der Waals surface area contributed by atoms with E-state index in [1.165, 1.54) is 11.6 Å². The highest BCUT2D eigenvalue weighted by Crippen LogP contribution is 2.24. The number of carboxylic acids is 1. The van der Waals surface area contributed by atoms with Gasteiger partial charge in [-0.25, -0.2) is 9.78 Å². The molecule has 0 aliphatic rings. The van der Waals surface area contributed by atoms with Crippen molar-refractivity contribution in [1.29, 1.82) is 0 Å². The van der Waals surface area contributed by atoms with Gasteiger partial charge in [-0.05, 0) is 12.1 Å². The molecule has 3 aromatic rings. The first-order chi connectivity index (χ1) is 11.0. The molecule has 8 nitrogen and oxygen atoms in total. The van der Waals surface area contributed by atoms with Crippen molar-refractivity contribution in [3.63, 3.8) is 0 Å². The minimum atomic E-state index is -1.23. The van der Waals surface area contributed by atoms with E-state index >= 15 is 0 Å². The summed E-state index contributed by atoms with van der Waals surface area (Å²) in [6.45, 7) is -0.414. The van der Waals surface area contributed by atoms with Gasteiger partial charge in [0, 0.05) is 11.6 Å². The summed E-state index contributed by atoms with van der Waals surface area (Å²) in [4.78, 5) is 43.9. The standard InChI is InChI=1S/C14H10N4O4S/c15-9(19)5-18-11(8-3-1-2-4-16-8)17-12-10(13(18)20)7(6-23-12)14(21)22/h1-4,6H,5H2,(H2,15,19)(H,21,22). The van der Waals surface area contributed by atoms with Crippen molar-refractivity contribution in [1.82, 2.24) is 14.5 Å². The van der Waals surface area contributed by atoms with Gasteiger partial charge in [0.2, 0.25) is 5.91 Å². The van der Waals surface area contributed by atoms with E-state index in [1.807, 2.05) is 0 Å². The maximum absolute atomic E-state index is 12.7. The second-order valence-electron chi connectivity index (χ2n) is 4.64. The molecule has 0 aliphatic carbocycles. The number of rotatable bonds is 4. The molecule has 3 N–H and O–H groups in total. The van der Waals surface area contributed by atoms with Gasteiger partial charge in [0.15, 0.2) is 5.82 Å². The first-order valence-corrected chi connectivity index (χ1v) is 7.32. The first kappa shape index (κ1) is 14.9. The fourth-order valence-electron chi connectivity index (χ4n) is 2.17. The minimum Gasteiger partial charge on any atom is -0.478 e. The molecule has 0 bridgehead atoms. The number of carboxylic acid groups (broad SMARTS) is 1. The molecule has 0 aliphatic heterocycles. The number of aromatic nitrogens is 3. The first-order valence-electron chi connectivity index (χ1n) is 6.44. The number of thiophene rings is 1. The largest absolute Gasteiger partial charge is 0.478 e. The maximum atomic E-state index is 12.7. The molecule has 3 rings (SSSR count). The van der Waals surface area contributed by atoms with E-state index in [4.69, 9.17) is 5.73 Å². The van der Waals surface area contributed by atoms with E-state index in [0.29, 0.717) is 5.69 Å². The van der Waals surface area contributed by atoms with E-state index in [9.17, 15) is 19.5 Å². The molecule has 23 heavy (non-hydrogen) atoms. The summed E-state index contributed by atoms with van der Waals surface area (Å²) >= 11 is 1.04. The van der Waals surface area contributed by atoms with Crippen LogP contribution in [0, 0.1) is 0 Å². The van der Waals surface area contributed by atoms with E-state index in [-0.39, 0.29) is 21.6 Å². The molecular weight excluding hydrogens is 320 g/mol. The Balaban J connectivity index is 2.38. The molecule has 9 heteroatoms. The lowest BCUT2D eigenvalue weighted by atomic mass is 10.2. The quantitative estimate of drug-likeness (QED) is 0.725. The summed E-state index contributed by atoms with van der Waals surface area (Å²) in [7, 11) is 0. The van der Waals surface area contributed by atoms with Gasteiger partial charge in [0.25, 0.3) is 5.56 Å². The van der Waals surface area contributed by atoms with Gasteiger partial charge in [0.05, 0.1) is 10.9 Å². The molecule has 0 radical (unpaired) electrons. The summed E-state index contributed by atoms with van der Waals surface area (Å²) in [5, 5.41) is 10.5. The third-order valence-electron chi connectivity index (χ3n) is 3.13. The zero-order valence-electron chi connectivity index (χ0n) is 11.6. The number of pyridine rings is 1. The highest BCUT2D eigenvalue weighted by Gasteiger charge is 2.21. The van der Waals surface area contributed by atoms with Crippen LogP contribution < -0.4 is 11.3 Å². The molecule has 1 amide bonds. The fraction of sp³-hybridized carbons (Fsp3) is 0.0714. The Morgan fingerprint density at radius 2 is 2.13 bits per heavy atom. The van der Waals surface area contributed by atoms with Gasteiger partial charge in [-0.1, -0.05) is 6.07 Å². The predicted molar refractivity (Wildman–Crippen MR) is 83.3 cm³/mol. The number of hydrogen-bond acceptors (Lipinski definition) is 6. The van der Waals surface area contributed by atoms with Crippen LogP contribution in [0.2, 0.25) is 0 Å². The average Bonchev–Trinajstić information content (AvgIpc) is 2.95. The van der Waals surface area contributed by atoms with Crippen LogP contribution in [0.5, 0.6) is 0 Å². The van der Waals surface area contributed by atoms with E-state index in [2.05, 4.69) is 9.97 Å². The molecule has 0 spiro atoms. The van der Waals surface area contributed by atoms with Crippen LogP contribution >= 0.6 is 11.3 Å². The van der Waals surface area contributed by atoms with Gasteiger partial charge in [-0.15, -0.1) is 11.3 Å². The number of aromatic carboxylic acids is 1. The predicted octanol–water partition coefficient (Wildman–Crippen LogP) is 0.704. The molecule has 0 aromatic carbocycles. The number of carbonyl (C=O) groups excluding carboxylic acids is 1. The molecule has 0 fully saturated rings. The number of nitrogens with two attached hydrogens (primary N) is 1. The van der Waals surface area contributed by atoms with Crippen molar-refractivity contribution >= 4 is 33.4 Å². The highest BCUT2D eigenvalue weighted by atomic mass is 32.1. The average molecular weight is 330 g/mol. The Bertz CT molecular complexity index is 978. The van der Waals surface area contributed by atoms with Crippen LogP contribution in [-0.4, -0.2) is 31.5 Å². The minimum absolute atomic E-state index is 0.0385. The number of fused-ring (bicyclic) bond motifs is 1. The lowest BCUT2D eigenvalue weighted by Gasteiger charge is -2.10. The Morgan fingerprint density at radius 3 is 2.74 bits per heavy atom. The van der Waals surface area contributed by atoms with E-state index in [1.54, 1.807) is 18.2 Å². The van der Waals surface area contributed by atoms with E-state index in [0.717, 1.165) is 15.9 Å². The maximum Gasteiger partial charge on any atom is 0.337 e. The van der Waals surface area contributed by atoms with Crippen LogP contribution in [0.4, 0.5) is 0 Å². The lowest BCUT2D eigenvalue weighted by Crippen LogP contribution is -2.30. The number of amides is 1. The second kappa shape index (κ2) is 5.61. The molecule has 0 atom stereocenters. The lowest BCUT2D eigenvalue weighted by molar-refractivity contribution is -0.118.